The minimum absolute atomic E-state index is 0.00587. The van der Waals surface area contributed by atoms with Crippen molar-refractivity contribution in [1.82, 2.24) is 14.9 Å². The van der Waals surface area contributed by atoms with Gasteiger partial charge in [-0.05, 0) is 47.9 Å². The Kier molecular flexibility index (Phi) is 9.20. The number of carbonyl (C=O) groups is 1. The molecule has 13 heteroatoms. The fourth-order valence-corrected chi connectivity index (χ4v) is 6.06. The summed E-state index contributed by atoms with van der Waals surface area (Å²) in [7, 11) is -4.81. The summed E-state index contributed by atoms with van der Waals surface area (Å²) in [4.78, 5) is 14.5. The maximum atomic E-state index is 13.8. The van der Waals surface area contributed by atoms with Crippen LogP contribution < -0.4 is 10.0 Å². The van der Waals surface area contributed by atoms with Gasteiger partial charge in [0.05, 0.1) is 27.2 Å². The SMILES string of the molecule is CCS(=O)(=O)c1ccc(Cl)cc1CNC(=O)c1ccc(CN2CC[C@H](NS(C)=O)C2)c(C(F)(F)F)c1. The van der Waals surface area contributed by atoms with Crippen LogP contribution in [0.1, 0.15) is 40.4 Å². The number of sulfone groups is 1. The van der Waals surface area contributed by atoms with Crippen LogP contribution in [-0.4, -0.2) is 54.6 Å². The number of nitrogens with zero attached hydrogens (tertiary/aromatic N) is 1. The van der Waals surface area contributed by atoms with E-state index in [1.165, 1.54) is 43.5 Å². The average Bonchev–Trinajstić information content (AvgIpc) is 3.22. The average molecular weight is 566 g/mol. The van der Waals surface area contributed by atoms with Crippen LogP contribution in [0.3, 0.4) is 0 Å². The lowest BCUT2D eigenvalue weighted by atomic mass is 10.0. The molecular weight excluding hydrogens is 539 g/mol. The van der Waals surface area contributed by atoms with E-state index in [2.05, 4.69) is 10.0 Å². The second-order valence-corrected chi connectivity index (χ2v) is 12.3. The molecule has 0 aromatic heterocycles. The van der Waals surface area contributed by atoms with Crippen LogP contribution >= 0.6 is 11.6 Å². The van der Waals surface area contributed by atoms with Gasteiger partial charge in [0.15, 0.2) is 9.84 Å². The zero-order valence-electron chi connectivity index (χ0n) is 19.7. The molecule has 1 amide bonds. The van der Waals surface area contributed by atoms with Gasteiger partial charge in [-0.2, -0.15) is 13.2 Å². The van der Waals surface area contributed by atoms with Crippen LogP contribution in [0.5, 0.6) is 0 Å². The Hall–Kier alpha value is -1.99. The molecule has 198 valence electrons. The van der Waals surface area contributed by atoms with E-state index < -0.39 is 38.5 Å². The van der Waals surface area contributed by atoms with E-state index in [-0.39, 0.29) is 51.5 Å². The van der Waals surface area contributed by atoms with Gasteiger partial charge < -0.3 is 5.32 Å². The first-order valence-electron chi connectivity index (χ1n) is 11.1. The maximum Gasteiger partial charge on any atom is 0.416 e. The zero-order valence-corrected chi connectivity index (χ0v) is 22.1. The predicted molar refractivity (Wildman–Crippen MR) is 133 cm³/mol. The number of hydrogen-bond donors (Lipinski definition) is 2. The van der Waals surface area contributed by atoms with Crippen LogP contribution in [0.15, 0.2) is 41.3 Å². The lowest BCUT2D eigenvalue weighted by Gasteiger charge is -2.20. The highest BCUT2D eigenvalue weighted by Gasteiger charge is 2.35. The van der Waals surface area contributed by atoms with Crippen LogP contribution in [0, 0.1) is 0 Å². The fraction of sp³-hybridized carbons (Fsp3) is 0.435. The Bertz CT molecular complexity index is 1260. The summed E-state index contributed by atoms with van der Waals surface area (Å²) in [5.74, 6) is -0.932. The first-order valence-corrected chi connectivity index (χ1v) is 14.7. The van der Waals surface area contributed by atoms with Crippen molar-refractivity contribution in [3.63, 3.8) is 0 Å². The molecule has 0 radical (unpaired) electrons. The summed E-state index contributed by atoms with van der Waals surface area (Å²) >= 11 is 5.98. The molecule has 0 aliphatic carbocycles. The van der Waals surface area contributed by atoms with E-state index in [1.54, 1.807) is 0 Å². The molecule has 2 N–H and O–H groups in total. The van der Waals surface area contributed by atoms with E-state index >= 15 is 0 Å². The molecule has 7 nitrogen and oxygen atoms in total. The molecule has 1 aliphatic rings. The van der Waals surface area contributed by atoms with Crippen LogP contribution in [0.4, 0.5) is 13.2 Å². The monoisotopic (exact) mass is 565 g/mol. The number of rotatable bonds is 9. The summed E-state index contributed by atoms with van der Waals surface area (Å²) < 4.78 is 80.5. The quantitative estimate of drug-likeness (QED) is 0.485. The number of likely N-dealkylation sites (tertiary alicyclic amines) is 1. The van der Waals surface area contributed by atoms with E-state index in [1.807, 2.05) is 4.90 Å². The van der Waals surface area contributed by atoms with Gasteiger partial charge in [-0.1, -0.05) is 24.6 Å². The molecule has 1 heterocycles. The van der Waals surface area contributed by atoms with Gasteiger partial charge in [0.1, 0.15) is 0 Å². The van der Waals surface area contributed by atoms with Crippen molar-refractivity contribution < 1.29 is 30.6 Å². The lowest BCUT2D eigenvalue weighted by molar-refractivity contribution is -0.138. The van der Waals surface area contributed by atoms with Gasteiger partial charge in [-0.15, -0.1) is 0 Å². The second-order valence-electron chi connectivity index (χ2n) is 8.50. The first-order chi connectivity index (χ1) is 16.8. The molecule has 1 fully saturated rings. The van der Waals surface area contributed by atoms with E-state index in [0.29, 0.717) is 19.5 Å². The summed E-state index contributed by atoms with van der Waals surface area (Å²) in [5, 5.41) is 2.76. The number of hydrogen-bond acceptors (Lipinski definition) is 5. The van der Waals surface area contributed by atoms with Gasteiger partial charge in [-0.3, -0.25) is 9.69 Å². The minimum atomic E-state index is -4.68. The van der Waals surface area contributed by atoms with Crippen molar-refractivity contribution in [2.45, 2.75) is 43.5 Å². The van der Waals surface area contributed by atoms with Crippen molar-refractivity contribution in [2.24, 2.45) is 0 Å². The summed E-state index contributed by atoms with van der Waals surface area (Å²) in [5.41, 5.74) is -0.836. The first kappa shape index (κ1) is 28.6. The molecule has 0 spiro atoms. The molecule has 2 atom stereocenters. The summed E-state index contributed by atoms with van der Waals surface area (Å²) in [6, 6.07) is 7.50. The van der Waals surface area contributed by atoms with Crippen LogP contribution in [0.2, 0.25) is 5.02 Å². The van der Waals surface area contributed by atoms with Crippen LogP contribution in [-0.2, 0) is 40.1 Å². The molecule has 3 rings (SSSR count). The lowest BCUT2D eigenvalue weighted by Crippen LogP contribution is -2.33. The Labute approximate surface area is 215 Å². The Balaban J connectivity index is 1.78. The van der Waals surface area contributed by atoms with Gasteiger partial charge >= 0.3 is 6.18 Å². The Morgan fingerprint density at radius 3 is 2.56 bits per heavy atom. The van der Waals surface area contributed by atoms with E-state index in [0.717, 1.165) is 6.07 Å². The standard InChI is InChI=1S/C23H27ClF3N3O4S2/c1-3-36(33,34)21-7-6-18(24)10-17(21)12-28-22(31)15-4-5-16(20(11-15)23(25,26)27)13-30-9-8-19(14-30)29-35(2)32/h4-7,10-11,19,29H,3,8-9,12-14H2,1-2H3,(H,28,31)/t19-,35?/m0/s1. The number of halogens is 4. The van der Waals surface area contributed by atoms with Gasteiger partial charge in [0.2, 0.25) is 0 Å². The largest absolute Gasteiger partial charge is 0.416 e. The predicted octanol–water partition coefficient (Wildman–Crippen LogP) is 3.54. The molecule has 0 bridgehead atoms. The van der Waals surface area contributed by atoms with Crippen molar-refractivity contribution in [2.75, 3.05) is 25.1 Å². The molecular formula is C23H27ClF3N3O4S2. The smallest absolute Gasteiger partial charge is 0.348 e. The highest BCUT2D eigenvalue weighted by atomic mass is 35.5. The van der Waals surface area contributed by atoms with E-state index in [9.17, 15) is 30.6 Å². The topological polar surface area (TPSA) is 95.6 Å². The molecule has 2 aromatic carbocycles. The van der Waals surface area contributed by atoms with E-state index in [4.69, 9.17) is 11.6 Å². The van der Waals surface area contributed by atoms with Gasteiger partial charge in [0, 0.05) is 49.1 Å². The van der Waals surface area contributed by atoms with Gasteiger partial charge in [0.25, 0.3) is 5.91 Å². The third-order valence-electron chi connectivity index (χ3n) is 5.85. The number of amides is 1. The molecule has 1 aliphatic heterocycles. The second kappa shape index (κ2) is 11.6. The minimum Gasteiger partial charge on any atom is -0.348 e. The third kappa shape index (κ3) is 7.28. The van der Waals surface area contributed by atoms with Gasteiger partial charge in [-0.25, -0.2) is 17.3 Å². The molecule has 2 aromatic rings. The number of alkyl halides is 3. The number of benzene rings is 2. The maximum absolute atomic E-state index is 13.8. The summed E-state index contributed by atoms with van der Waals surface area (Å²) in [6.45, 7) is 2.30. The van der Waals surface area contributed by atoms with Crippen LogP contribution in [0.25, 0.3) is 0 Å². The van der Waals surface area contributed by atoms with Crippen molar-refractivity contribution >= 4 is 38.3 Å². The third-order valence-corrected chi connectivity index (χ3v) is 8.58. The normalized spacial score (nSPS) is 17.8. The number of nitrogens with one attached hydrogen (secondary N) is 2. The highest BCUT2D eigenvalue weighted by molar-refractivity contribution is 7.91. The van der Waals surface area contributed by atoms with Crippen molar-refractivity contribution in [1.29, 1.82) is 0 Å². The zero-order chi connectivity index (χ0) is 26.7. The Morgan fingerprint density at radius 1 is 1.19 bits per heavy atom. The molecule has 36 heavy (non-hydrogen) atoms. The number of carbonyl (C=O) groups excluding carboxylic acids is 1. The molecule has 1 unspecified atom stereocenters. The highest BCUT2D eigenvalue weighted by Crippen LogP contribution is 2.34. The van der Waals surface area contributed by atoms with Crippen molar-refractivity contribution in [3.05, 3.63) is 63.7 Å². The molecule has 1 saturated heterocycles. The molecule has 0 saturated carbocycles. The Morgan fingerprint density at radius 2 is 1.92 bits per heavy atom. The van der Waals surface area contributed by atoms with Crippen molar-refractivity contribution in [3.8, 4) is 0 Å². The summed E-state index contributed by atoms with van der Waals surface area (Å²) in [6.07, 6.45) is -2.51. The fourth-order valence-electron chi connectivity index (χ4n) is 4.09.